The number of rotatable bonds is 5. The molecule has 0 aliphatic carbocycles. The van der Waals surface area contributed by atoms with Gasteiger partial charge in [-0.2, -0.15) is 5.10 Å². The predicted octanol–water partition coefficient (Wildman–Crippen LogP) is 1.66. The van der Waals surface area contributed by atoms with Crippen LogP contribution in [0.2, 0.25) is 0 Å². The molecule has 0 atom stereocenters. The van der Waals surface area contributed by atoms with Gasteiger partial charge in [-0.05, 0) is 31.0 Å². The second-order valence-corrected chi connectivity index (χ2v) is 8.23. The van der Waals surface area contributed by atoms with Crippen molar-refractivity contribution in [1.82, 2.24) is 25.0 Å². The SMILES string of the molecule is O=C(NN1CCCCC1)c1cnn2ccc(NS(=O)(=O)c3ccccc3)nc12. The fraction of sp³-hybridized carbons (Fsp3) is 0.278. The molecule has 0 radical (unpaired) electrons. The Morgan fingerprint density at radius 2 is 1.79 bits per heavy atom. The maximum Gasteiger partial charge on any atom is 0.271 e. The Bertz CT molecular complexity index is 1090. The normalized spacial score (nSPS) is 15.4. The molecule has 1 aliphatic rings. The maximum absolute atomic E-state index is 12.6. The van der Waals surface area contributed by atoms with Crippen LogP contribution in [-0.2, 0) is 10.0 Å². The van der Waals surface area contributed by atoms with Crippen molar-refractivity contribution in [2.24, 2.45) is 0 Å². The Labute approximate surface area is 162 Å². The van der Waals surface area contributed by atoms with Gasteiger partial charge in [0.1, 0.15) is 11.4 Å². The topological polar surface area (TPSA) is 109 Å². The summed E-state index contributed by atoms with van der Waals surface area (Å²) in [7, 11) is -3.77. The molecule has 3 heterocycles. The largest absolute Gasteiger partial charge is 0.285 e. The molecule has 0 bridgehead atoms. The zero-order valence-electron chi connectivity index (χ0n) is 15.1. The molecule has 146 valence electrons. The van der Waals surface area contributed by atoms with E-state index in [0.717, 1.165) is 32.4 Å². The number of fused-ring (bicyclic) bond motifs is 1. The van der Waals surface area contributed by atoms with Crippen molar-refractivity contribution in [1.29, 1.82) is 0 Å². The zero-order valence-corrected chi connectivity index (χ0v) is 15.9. The quantitative estimate of drug-likeness (QED) is 0.674. The number of piperidine rings is 1. The predicted molar refractivity (Wildman–Crippen MR) is 103 cm³/mol. The monoisotopic (exact) mass is 400 g/mol. The zero-order chi connectivity index (χ0) is 19.6. The van der Waals surface area contributed by atoms with E-state index in [1.54, 1.807) is 24.4 Å². The van der Waals surface area contributed by atoms with Crippen molar-refractivity contribution < 1.29 is 13.2 Å². The smallest absolute Gasteiger partial charge is 0.271 e. The molecule has 3 aromatic rings. The van der Waals surface area contributed by atoms with E-state index in [9.17, 15) is 13.2 Å². The molecule has 4 rings (SSSR count). The molecule has 1 aromatic carbocycles. The summed E-state index contributed by atoms with van der Waals surface area (Å²) in [5.74, 6) is -0.198. The number of carbonyl (C=O) groups excluding carboxylic acids is 1. The average molecular weight is 400 g/mol. The number of hydrogen-bond donors (Lipinski definition) is 2. The van der Waals surface area contributed by atoms with Gasteiger partial charge in [-0.15, -0.1) is 0 Å². The van der Waals surface area contributed by atoms with Gasteiger partial charge in [0.25, 0.3) is 15.9 Å². The molecule has 1 amide bonds. The second kappa shape index (κ2) is 7.56. The number of sulfonamides is 1. The number of carbonyl (C=O) groups is 1. The summed E-state index contributed by atoms with van der Waals surface area (Å²) < 4.78 is 28.9. The van der Waals surface area contributed by atoms with E-state index in [2.05, 4.69) is 20.2 Å². The highest BCUT2D eigenvalue weighted by atomic mass is 32.2. The Morgan fingerprint density at radius 1 is 1.04 bits per heavy atom. The molecular weight excluding hydrogens is 380 g/mol. The lowest BCUT2D eigenvalue weighted by Gasteiger charge is -2.26. The lowest BCUT2D eigenvalue weighted by molar-refractivity contribution is 0.0751. The van der Waals surface area contributed by atoms with Crippen LogP contribution in [-0.4, -0.2) is 47.0 Å². The van der Waals surface area contributed by atoms with Gasteiger partial charge < -0.3 is 0 Å². The molecule has 1 fully saturated rings. The minimum atomic E-state index is -3.77. The fourth-order valence-corrected chi connectivity index (χ4v) is 4.11. The molecule has 0 saturated carbocycles. The maximum atomic E-state index is 12.6. The van der Waals surface area contributed by atoms with Gasteiger partial charge in [0.15, 0.2) is 5.65 Å². The van der Waals surface area contributed by atoms with Crippen LogP contribution >= 0.6 is 0 Å². The Hall–Kier alpha value is -2.98. The Morgan fingerprint density at radius 3 is 2.54 bits per heavy atom. The molecule has 0 unspecified atom stereocenters. The first-order valence-electron chi connectivity index (χ1n) is 9.01. The van der Waals surface area contributed by atoms with Crippen LogP contribution in [0.15, 0.2) is 53.7 Å². The number of nitrogens with zero attached hydrogens (tertiary/aromatic N) is 4. The van der Waals surface area contributed by atoms with Crippen LogP contribution in [0.1, 0.15) is 29.6 Å². The molecule has 0 spiro atoms. The van der Waals surface area contributed by atoms with E-state index in [-0.39, 0.29) is 27.8 Å². The molecule has 9 nitrogen and oxygen atoms in total. The Kier molecular flexibility index (Phi) is 4.97. The number of hydrogen-bond acceptors (Lipinski definition) is 6. The van der Waals surface area contributed by atoms with Gasteiger partial charge >= 0.3 is 0 Å². The van der Waals surface area contributed by atoms with Crippen molar-refractivity contribution >= 4 is 27.4 Å². The molecule has 28 heavy (non-hydrogen) atoms. The van der Waals surface area contributed by atoms with Crippen LogP contribution in [0, 0.1) is 0 Å². The first-order chi connectivity index (χ1) is 13.5. The summed E-state index contributed by atoms with van der Waals surface area (Å²) in [5.41, 5.74) is 3.43. The van der Waals surface area contributed by atoms with E-state index in [4.69, 9.17) is 0 Å². The highest BCUT2D eigenvalue weighted by molar-refractivity contribution is 7.92. The van der Waals surface area contributed by atoms with Crippen molar-refractivity contribution in [3.63, 3.8) is 0 Å². The summed E-state index contributed by atoms with van der Waals surface area (Å²) in [6, 6.07) is 9.51. The second-order valence-electron chi connectivity index (χ2n) is 6.55. The van der Waals surface area contributed by atoms with E-state index in [0.29, 0.717) is 0 Å². The molecular formula is C18H20N6O3S. The van der Waals surface area contributed by atoms with E-state index < -0.39 is 10.0 Å². The lowest BCUT2D eigenvalue weighted by atomic mass is 10.2. The van der Waals surface area contributed by atoms with E-state index >= 15 is 0 Å². The van der Waals surface area contributed by atoms with E-state index in [1.165, 1.54) is 28.9 Å². The number of aromatic nitrogens is 3. The summed E-state index contributed by atoms with van der Waals surface area (Å²) >= 11 is 0. The molecule has 2 aromatic heterocycles. The number of benzene rings is 1. The molecule has 2 N–H and O–H groups in total. The van der Waals surface area contributed by atoms with Crippen LogP contribution < -0.4 is 10.1 Å². The third-order valence-corrected chi connectivity index (χ3v) is 5.89. The van der Waals surface area contributed by atoms with Gasteiger partial charge in [0.2, 0.25) is 0 Å². The lowest BCUT2D eigenvalue weighted by Crippen LogP contribution is -2.45. The molecule has 10 heteroatoms. The number of amides is 1. The molecule has 1 saturated heterocycles. The fourth-order valence-electron chi connectivity index (χ4n) is 3.09. The summed E-state index contributed by atoms with van der Waals surface area (Å²) in [5, 5.41) is 6.01. The first kappa shape index (κ1) is 18.4. The Balaban J connectivity index is 1.58. The molecule has 1 aliphatic heterocycles. The third kappa shape index (κ3) is 3.82. The minimum Gasteiger partial charge on any atom is -0.285 e. The highest BCUT2D eigenvalue weighted by Gasteiger charge is 2.20. The number of anilines is 1. The summed E-state index contributed by atoms with van der Waals surface area (Å²) in [4.78, 5) is 17.0. The highest BCUT2D eigenvalue weighted by Crippen LogP contribution is 2.17. The van der Waals surface area contributed by atoms with Crippen molar-refractivity contribution in [3.05, 3.63) is 54.4 Å². The van der Waals surface area contributed by atoms with Crippen molar-refractivity contribution in [2.75, 3.05) is 17.8 Å². The van der Waals surface area contributed by atoms with E-state index in [1.807, 2.05) is 5.01 Å². The minimum absolute atomic E-state index is 0.115. The van der Waals surface area contributed by atoms with Crippen LogP contribution in [0.3, 0.4) is 0 Å². The third-order valence-electron chi connectivity index (χ3n) is 4.52. The van der Waals surface area contributed by atoms with Crippen LogP contribution in [0.4, 0.5) is 5.82 Å². The first-order valence-corrected chi connectivity index (χ1v) is 10.5. The van der Waals surface area contributed by atoms with Crippen LogP contribution in [0.25, 0.3) is 5.65 Å². The van der Waals surface area contributed by atoms with Gasteiger partial charge in [-0.3, -0.25) is 14.9 Å². The number of nitrogens with one attached hydrogen (secondary N) is 2. The standard InChI is InChI=1S/C18H20N6O3S/c25-18(21-23-10-5-2-6-11-23)15-13-19-24-12-9-16(20-17(15)24)22-28(26,27)14-7-3-1-4-8-14/h1,3-4,7-9,12-13H,2,5-6,10-11H2,(H,20,22)(H,21,25). The average Bonchev–Trinajstić information content (AvgIpc) is 3.12. The summed E-state index contributed by atoms with van der Waals surface area (Å²) in [6.45, 7) is 1.61. The van der Waals surface area contributed by atoms with Gasteiger partial charge in [-0.1, -0.05) is 24.6 Å². The van der Waals surface area contributed by atoms with Crippen molar-refractivity contribution in [2.45, 2.75) is 24.2 Å². The summed E-state index contributed by atoms with van der Waals surface area (Å²) in [6.07, 6.45) is 6.23. The van der Waals surface area contributed by atoms with Crippen molar-refractivity contribution in [3.8, 4) is 0 Å². The van der Waals surface area contributed by atoms with Gasteiger partial charge in [0, 0.05) is 19.3 Å². The number of hydrazine groups is 1. The van der Waals surface area contributed by atoms with Gasteiger partial charge in [-0.25, -0.2) is 22.9 Å². The van der Waals surface area contributed by atoms with Crippen LogP contribution in [0.5, 0.6) is 0 Å². The van der Waals surface area contributed by atoms with Gasteiger partial charge in [0.05, 0.1) is 11.1 Å².